The Morgan fingerprint density at radius 3 is 2.69 bits per heavy atom. The molecule has 32 heavy (non-hydrogen) atoms. The van der Waals surface area contributed by atoms with Crippen molar-refractivity contribution in [1.29, 1.82) is 0 Å². The minimum atomic E-state index is -0.484. The third kappa shape index (κ3) is 4.11. The first kappa shape index (κ1) is 22.0. The van der Waals surface area contributed by atoms with Crippen LogP contribution in [0.4, 0.5) is 0 Å². The van der Waals surface area contributed by atoms with Crippen LogP contribution >= 0.6 is 0 Å². The first-order valence-corrected chi connectivity index (χ1v) is 12.8. The van der Waals surface area contributed by atoms with Gasteiger partial charge in [-0.3, -0.25) is 9.78 Å². The van der Waals surface area contributed by atoms with E-state index in [0.717, 1.165) is 61.4 Å². The fourth-order valence-electron chi connectivity index (χ4n) is 7.58. The van der Waals surface area contributed by atoms with E-state index in [1.807, 2.05) is 13.0 Å². The number of aliphatic hydroxyl groups is 1. The van der Waals surface area contributed by atoms with Crippen LogP contribution < -0.4 is 0 Å². The van der Waals surface area contributed by atoms with E-state index in [-0.39, 0.29) is 17.9 Å². The van der Waals surface area contributed by atoms with Crippen LogP contribution in [0.5, 0.6) is 0 Å². The zero-order valence-electron chi connectivity index (χ0n) is 19.7. The molecule has 3 fully saturated rings. The average molecular weight is 439 g/mol. The Morgan fingerprint density at radius 2 is 1.84 bits per heavy atom. The molecule has 0 saturated heterocycles. The first-order valence-electron chi connectivity index (χ1n) is 12.8. The largest absolute Gasteiger partial charge is 0.390 e. The van der Waals surface area contributed by atoms with Gasteiger partial charge in [-0.15, -0.1) is 0 Å². The van der Waals surface area contributed by atoms with Crippen molar-refractivity contribution in [2.45, 2.75) is 96.6 Å². The monoisotopic (exact) mass is 438 g/mol. The minimum absolute atomic E-state index is 0.113. The van der Waals surface area contributed by atoms with Gasteiger partial charge in [-0.25, -0.2) is 0 Å². The van der Waals surface area contributed by atoms with Gasteiger partial charge < -0.3 is 5.11 Å². The summed E-state index contributed by atoms with van der Waals surface area (Å²) in [5.74, 6) is 2.59. The van der Waals surface area contributed by atoms with Crippen LogP contribution in [0, 0.1) is 29.1 Å². The number of rotatable bonds is 3. The number of carbonyl (C=O) groups excluding carboxylic acids is 1. The summed E-state index contributed by atoms with van der Waals surface area (Å²) in [4.78, 5) is 19.1. The number of hydrogen-bond donors (Lipinski definition) is 1. The molecule has 2 aromatic heterocycles. The molecule has 0 aliphatic heterocycles. The molecular weight excluding hydrogens is 400 g/mol. The third-order valence-electron chi connectivity index (χ3n) is 9.29. The molecule has 0 radical (unpaired) electrons. The van der Waals surface area contributed by atoms with Crippen molar-refractivity contribution in [3.05, 3.63) is 18.5 Å². The zero-order chi connectivity index (χ0) is 22.3. The lowest BCUT2D eigenvalue weighted by atomic mass is 9.55. The Bertz CT molecular complexity index is 937. The van der Waals surface area contributed by atoms with Gasteiger partial charge in [-0.2, -0.15) is 15.0 Å². The Labute approximate surface area is 191 Å². The van der Waals surface area contributed by atoms with Crippen molar-refractivity contribution in [3.63, 3.8) is 0 Å². The van der Waals surface area contributed by atoms with Crippen molar-refractivity contribution < 1.29 is 9.90 Å². The maximum Gasteiger partial charge on any atom is 0.159 e. The molecule has 2 aromatic rings. The molecule has 6 heteroatoms. The van der Waals surface area contributed by atoms with Crippen molar-refractivity contribution >= 4 is 16.8 Å². The molecule has 3 aliphatic carbocycles. The quantitative estimate of drug-likeness (QED) is 0.733. The van der Waals surface area contributed by atoms with Gasteiger partial charge in [0, 0.05) is 12.1 Å². The summed E-state index contributed by atoms with van der Waals surface area (Å²) in [5, 5.41) is 19.6. The second-order valence-corrected chi connectivity index (χ2v) is 11.4. The lowest BCUT2D eigenvalue weighted by Gasteiger charge is -2.49. The summed E-state index contributed by atoms with van der Waals surface area (Å²) in [6.45, 7) is 4.69. The molecule has 2 heterocycles. The van der Waals surface area contributed by atoms with E-state index >= 15 is 0 Å². The lowest BCUT2D eigenvalue weighted by Crippen LogP contribution is -2.44. The van der Waals surface area contributed by atoms with Crippen LogP contribution in [0.3, 0.4) is 0 Å². The van der Waals surface area contributed by atoms with Gasteiger partial charge in [0.05, 0.1) is 11.8 Å². The summed E-state index contributed by atoms with van der Waals surface area (Å²) in [6.07, 6.45) is 15.8. The van der Waals surface area contributed by atoms with Crippen LogP contribution in [-0.4, -0.2) is 36.5 Å². The Morgan fingerprint density at radius 1 is 1.03 bits per heavy atom. The van der Waals surface area contributed by atoms with Crippen LogP contribution in [-0.2, 0) is 11.3 Å². The first-order chi connectivity index (χ1) is 15.4. The summed E-state index contributed by atoms with van der Waals surface area (Å²) in [7, 11) is 0. The smallest absolute Gasteiger partial charge is 0.159 e. The maximum atomic E-state index is 13.5. The van der Waals surface area contributed by atoms with E-state index < -0.39 is 5.60 Å². The van der Waals surface area contributed by atoms with Gasteiger partial charge in [0.15, 0.2) is 5.78 Å². The van der Waals surface area contributed by atoms with Crippen molar-refractivity contribution in [3.8, 4) is 0 Å². The summed E-state index contributed by atoms with van der Waals surface area (Å²) >= 11 is 0. The average Bonchev–Trinajstić information content (AvgIpc) is 3.32. The zero-order valence-corrected chi connectivity index (χ0v) is 19.7. The highest BCUT2D eigenvalue weighted by Gasteiger charge is 2.55. The number of Topliss-reactive ketones (excluding diaryl/α,β-unsaturated/α-hetero) is 1. The highest BCUT2D eigenvalue weighted by Crippen LogP contribution is 2.61. The number of fused-ring (bicyclic) bond motifs is 4. The van der Waals surface area contributed by atoms with E-state index in [1.54, 1.807) is 17.2 Å². The van der Waals surface area contributed by atoms with Gasteiger partial charge in [0.25, 0.3) is 0 Å². The van der Waals surface area contributed by atoms with E-state index in [9.17, 15) is 9.90 Å². The fraction of sp³-hybridized carbons (Fsp3) is 0.769. The van der Waals surface area contributed by atoms with Crippen LogP contribution in [0.2, 0.25) is 0 Å². The normalized spacial score (nSPS) is 38.2. The molecule has 1 N–H and O–H groups in total. The van der Waals surface area contributed by atoms with Crippen LogP contribution in [0.1, 0.15) is 84.5 Å². The van der Waals surface area contributed by atoms with E-state index in [4.69, 9.17) is 0 Å². The third-order valence-corrected chi connectivity index (χ3v) is 9.29. The molecule has 6 unspecified atom stereocenters. The van der Waals surface area contributed by atoms with Crippen molar-refractivity contribution in [1.82, 2.24) is 20.0 Å². The fourth-order valence-corrected chi connectivity index (χ4v) is 7.58. The topological polar surface area (TPSA) is 80.9 Å². The van der Waals surface area contributed by atoms with Gasteiger partial charge in [0.2, 0.25) is 0 Å². The second-order valence-electron chi connectivity index (χ2n) is 11.4. The van der Waals surface area contributed by atoms with E-state index in [0.29, 0.717) is 11.7 Å². The standard InChI is InChI=1S/C26H38N4O2/c1-25(32)12-4-3-7-19-18(6-5-13-25)10-14-26(2)20(19)8-9-21(26)24(31)17-30-28-22-11-15-27-16-23(22)29-30/h11,15-16,18-21,32H,3-10,12-14,17H2,1-2H3. The number of pyridine rings is 1. The number of aromatic nitrogens is 4. The molecule has 5 rings (SSSR count). The van der Waals surface area contributed by atoms with Crippen molar-refractivity contribution in [2.24, 2.45) is 29.1 Å². The second kappa shape index (κ2) is 8.51. The highest BCUT2D eigenvalue weighted by atomic mass is 16.3. The molecule has 0 amide bonds. The maximum absolute atomic E-state index is 13.5. The van der Waals surface area contributed by atoms with E-state index in [1.165, 1.54) is 32.1 Å². The molecule has 0 spiro atoms. The van der Waals surface area contributed by atoms with Gasteiger partial charge in [0.1, 0.15) is 17.6 Å². The van der Waals surface area contributed by atoms with Gasteiger partial charge >= 0.3 is 0 Å². The Hall–Kier alpha value is -1.82. The van der Waals surface area contributed by atoms with Gasteiger partial charge in [-0.05, 0) is 81.1 Å². The predicted molar refractivity (Wildman–Crippen MR) is 124 cm³/mol. The molecule has 0 aromatic carbocycles. The summed E-state index contributed by atoms with van der Waals surface area (Å²) in [5.41, 5.74) is 1.17. The molecular formula is C26H38N4O2. The number of hydrogen-bond acceptors (Lipinski definition) is 5. The Kier molecular flexibility index (Phi) is 5.85. The predicted octanol–water partition coefficient (Wildman–Crippen LogP) is 4.95. The van der Waals surface area contributed by atoms with E-state index in [2.05, 4.69) is 22.1 Å². The number of nitrogens with zero attached hydrogens (tertiary/aromatic N) is 4. The van der Waals surface area contributed by atoms with Crippen LogP contribution in [0.15, 0.2) is 18.5 Å². The summed E-state index contributed by atoms with van der Waals surface area (Å²) < 4.78 is 0. The SMILES string of the molecule is CC1(O)CCCCC2C(CCC1)CCC1(C)C(C(=O)Cn3nc4ccncc4n3)CCC21. The molecule has 6 nitrogen and oxygen atoms in total. The number of carbonyl (C=O) groups is 1. The minimum Gasteiger partial charge on any atom is -0.390 e. The molecule has 0 bridgehead atoms. The van der Waals surface area contributed by atoms with Crippen molar-refractivity contribution in [2.75, 3.05) is 0 Å². The van der Waals surface area contributed by atoms with Crippen LogP contribution in [0.25, 0.3) is 11.0 Å². The molecule has 3 saturated carbocycles. The lowest BCUT2D eigenvalue weighted by molar-refractivity contribution is -0.129. The molecule has 174 valence electrons. The van der Waals surface area contributed by atoms with Gasteiger partial charge in [-0.1, -0.05) is 32.6 Å². The summed E-state index contributed by atoms with van der Waals surface area (Å²) in [6, 6.07) is 1.84. The molecule has 6 atom stereocenters. The number of ketones is 1. The Balaban J connectivity index is 1.30. The highest BCUT2D eigenvalue weighted by molar-refractivity contribution is 5.82. The molecule has 3 aliphatic rings.